The molecule has 2 aromatic rings. The number of thiophene rings is 1. The molecule has 0 radical (unpaired) electrons. The standard InChI is InChI=1S/C18H25N3O4S2/c1-24-9-4-7-19-14(22)11-26-18-20-16-15(12-5-3-6-13(12)27-16)17(23)21(18)8-10-25-2/h3-11H2,1-2H3,(H,19,22). The molecule has 0 aromatic carbocycles. The number of rotatable bonds is 10. The first-order valence-corrected chi connectivity index (χ1v) is 10.9. The van der Waals surface area contributed by atoms with E-state index in [1.54, 1.807) is 30.1 Å². The Balaban J connectivity index is 1.79. The van der Waals surface area contributed by atoms with E-state index in [1.807, 2.05) is 0 Å². The number of fused-ring (bicyclic) bond motifs is 3. The van der Waals surface area contributed by atoms with Crippen molar-refractivity contribution in [2.75, 3.05) is 39.7 Å². The van der Waals surface area contributed by atoms with Crippen LogP contribution in [0.3, 0.4) is 0 Å². The van der Waals surface area contributed by atoms with Gasteiger partial charge >= 0.3 is 0 Å². The van der Waals surface area contributed by atoms with Crippen molar-refractivity contribution in [3.63, 3.8) is 0 Å². The molecule has 9 heteroatoms. The number of methoxy groups -OCH3 is 2. The number of nitrogens with one attached hydrogen (secondary N) is 1. The Morgan fingerprint density at radius 1 is 1.30 bits per heavy atom. The minimum atomic E-state index is -0.0718. The lowest BCUT2D eigenvalue weighted by Crippen LogP contribution is -2.28. The highest BCUT2D eigenvalue weighted by Gasteiger charge is 2.23. The third kappa shape index (κ3) is 4.71. The van der Waals surface area contributed by atoms with Crippen LogP contribution in [-0.4, -0.2) is 55.2 Å². The van der Waals surface area contributed by atoms with Gasteiger partial charge in [-0.2, -0.15) is 0 Å². The molecule has 1 amide bonds. The Bertz CT molecular complexity index is 862. The Morgan fingerprint density at radius 2 is 2.11 bits per heavy atom. The number of carbonyl (C=O) groups excluding carboxylic acids is 1. The maximum Gasteiger partial charge on any atom is 0.263 e. The fourth-order valence-electron chi connectivity index (χ4n) is 3.17. The zero-order valence-electron chi connectivity index (χ0n) is 15.7. The van der Waals surface area contributed by atoms with Gasteiger partial charge in [-0.1, -0.05) is 11.8 Å². The summed E-state index contributed by atoms with van der Waals surface area (Å²) in [5, 5.41) is 4.20. The van der Waals surface area contributed by atoms with Crippen LogP contribution in [0.4, 0.5) is 0 Å². The van der Waals surface area contributed by atoms with Crippen LogP contribution in [0.25, 0.3) is 10.2 Å². The maximum atomic E-state index is 13.1. The van der Waals surface area contributed by atoms with Gasteiger partial charge in [0.2, 0.25) is 5.91 Å². The van der Waals surface area contributed by atoms with Crippen LogP contribution in [0.1, 0.15) is 23.3 Å². The summed E-state index contributed by atoms with van der Waals surface area (Å²) in [6, 6.07) is 0. The number of nitrogens with zero attached hydrogens (tertiary/aromatic N) is 2. The Kier molecular flexibility index (Phi) is 7.28. The summed E-state index contributed by atoms with van der Waals surface area (Å²) in [7, 11) is 3.25. The second-order valence-electron chi connectivity index (χ2n) is 6.37. The number of ether oxygens (including phenoxy) is 2. The van der Waals surface area contributed by atoms with E-state index < -0.39 is 0 Å². The van der Waals surface area contributed by atoms with E-state index in [-0.39, 0.29) is 17.2 Å². The van der Waals surface area contributed by atoms with Crippen molar-refractivity contribution in [3.05, 3.63) is 20.8 Å². The molecule has 0 bridgehead atoms. The summed E-state index contributed by atoms with van der Waals surface area (Å²) in [4.78, 5) is 32.0. The first-order chi connectivity index (χ1) is 13.2. The van der Waals surface area contributed by atoms with Gasteiger partial charge in [-0.05, 0) is 31.2 Å². The average Bonchev–Trinajstić information content (AvgIpc) is 3.23. The lowest BCUT2D eigenvalue weighted by molar-refractivity contribution is -0.118. The van der Waals surface area contributed by atoms with Crippen LogP contribution in [-0.2, 0) is 33.7 Å². The molecular weight excluding hydrogens is 386 g/mol. The highest BCUT2D eigenvalue weighted by Crippen LogP contribution is 2.35. The number of aryl methyl sites for hydroxylation is 2. The molecule has 2 heterocycles. The van der Waals surface area contributed by atoms with Crippen molar-refractivity contribution >= 4 is 39.2 Å². The molecule has 0 atom stereocenters. The second-order valence-corrected chi connectivity index (χ2v) is 8.39. The molecule has 1 aliphatic carbocycles. The van der Waals surface area contributed by atoms with E-state index in [0.717, 1.165) is 35.9 Å². The number of aromatic nitrogens is 2. The molecule has 2 aromatic heterocycles. The lowest BCUT2D eigenvalue weighted by atomic mass is 10.2. The zero-order valence-corrected chi connectivity index (χ0v) is 17.3. The molecule has 7 nitrogen and oxygen atoms in total. The molecular formula is C18H25N3O4S2. The van der Waals surface area contributed by atoms with Crippen molar-refractivity contribution in [2.45, 2.75) is 37.4 Å². The number of amides is 1. The third-order valence-electron chi connectivity index (χ3n) is 4.49. The van der Waals surface area contributed by atoms with Gasteiger partial charge in [-0.3, -0.25) is 14.2 Å². The van der Waals surface area contributed by atoms with Crippen LogP contribution in [0.5, 0.6) is 0 Å². The number of carbonyl (C=O) groups is 1. The van der Waals surface area contributed by atoms with Crippen molar-refractivity contribution in [3.8, 4) is 0 Å². The van der Waals surface area contributed by atoms with Crippen LogP contribution in [0.2, 0.25) is 0 Å². The van der Waals surface area contributed by atoms with Crippen molar-refractivity contribution in [2.24, 2.45) is 0 Å². The molecule has 3 rings (SSSR count). The van der Waals surface area contributed by atoms with E-state index in [2.05, 4.69) is 5.32 Å². The minimum absolute atomic E-state index is 0.0144. The van der Waals surface area contributed by atoms with Crippen LogP contribution >= 0.6 is 23.1 Å². The number of hydrogen-bond donors (Lipinski definition) is 1. The average molecular weight is 412 g/mol. The quantitative estimate of drug-likeness (QED) is 0.365. The second kappa shape index (κ2) is 9.68. The lowest BCUT2D eigenvalue weighted by Gasteiger charge is -2.12. The van der Waals surface area contributed by atoms with E-state index in [9.17, 15) is 9.59 Å². The normalized spacial score (nSPS) is 13.3. The Hall–Kier alpha value is -1.42. The molecule has 1 aliphatic rings. The van der Waals surface area contributed by atoms with Gasteiger partial charge in [-0.15, -0.1) is 11.3 Å². The van der Waals surface area contributed by atoms with E-state index in [1.165, 1.54) is 22.2 Å². The van der Waals surface area contributed by atoms with E-state index in [4.69, 9.17) is 14.5 Å². The van der Waals surface area contributed by atoms with Crippen LogP contribution < -0.4 is 10.9 Å². The summed E-state index contributed by atoms with van der Waals surface area (Å²) in [6.45, 7) is 2.05. The summed E-state index contributed by atoms with van der Waals surface area (Å²) in [5.41, 5.74) is 1.16. The summed E-state index contributed by atoms with van der Waals surface area (Å²) in [5.74, 6) is 0.153. The molecule has 0 saturated carbocycles. The molecule has 0 spiro atoms. The number of thioether (sulfide) groups is 1. The smallest absolute Gasteiger partial charge is 0.263 e. The van der Waals surface area contributed by atoms with Gasteiger partial charge in [0.15, 0.2) is 5.16 Å². The fourth-order valence-corrected chi connectivity index (χ4v) is 5.33. The monoisotopic (exact) mass is 411 g/mol. The molecule has 1 N–H and O–H groups in total. The summed E-state index contributed by atoms with van der Waals surface area (Å²) in [6.07, 6.45) is 3.86. The summed E-state index contributed by atoms with van der Waals surface area (Å²) < 4.78 is 11.8. The minimum Gasteiger partial charge on any atom is -0.385 e. The highest BCUT2D eigenvalue weighted by atomic mass is 32.2. The van der Waals surface area contributed by atoms with Crippen molar-refractivity contribution in [1.82, 2.24) is 14.9 Å². The SMILES string of the molecule is COCCCNC(=O)CSc1nc2sc3c(c2c(=O)n1CCOC)CCC3. The fraction of sp³-hybridized carbons (Fsp3) is 0.611. The molecule has 0 aliphatic heterocycles. The third-order valence-corrected chi connectivity index (χ3v) is 6.65. The van der Waals surface area contributed by atoms with E-state index in [0.29, 0.717) is 31.5 Å². The molecule has 0 fully saturated rings. The molecule has 27 heavy (non-hydrogen) atoms. The van der Waals surface area contributed by atoms with Gasteiger partial charge in [0, 0.05) is 32.2 Å². The van der Waals surface area contributed by atoms with Crippen molar-refractivity contribution < 1.29 is 14.3 Å². The zero-order chi connectivity index (χ0) is 19.2. The van der Waals surface area contributed by atoms with Crippen LogP contribution in [0.15, 0.2) is 9.95 Å². The predicted molar refractivity (Wildman–Crippen MR) is 108 cm³/mol. The highest BCUT2D eigenvalue weighted by molar-refractivity contribution is 7.99. The Morgan fingerprint density at radius 3 is 2.89 bits per heavy atom. The summed E-state index contributed by atoms with van der Waals surface area (Å²) >= 11 is 2.92. The largest absolute Gasteiger partial charge is 0.385 e. The van der Waals surface area contributed by atoms with Gasteiger partial charge in [0.1, 0.15) is 4.83 Å². The predicted octanol–water partition coefficient (Wildman–Crippen LogP) is 1.84. The van der Waals surface area contributed by atoms with Gasteiger partial charge in [0.25, 0.3) is 5.56 Å². The first kappa shape index (κ1) is 20.3. The van der Waals surface area contributed by atoms with Crippen LogP contribution in [0, 0.1) is 0 Å². The number of hydrogen-bond acceptors (Lipinski definition) is 7. The Labute approximate surface area is 166 Å². The molecule has 148 valence electrons. The molecule has 0 unspecified atom stereocenters. The van der Waals surface area contributed by atoms with Crippen molar-refractivity contribution in [1.29, 1.82) is 0 Å². The van der Waals surface area contributed by atoms with E-state index >= 15 is 0 Å². The van der Waals surface area contributed by atoms with Gasteiger partial charge in [0.05, 0.1) is 24.3 Å². The maximum absolute atomic E-state index is 13.1. The topological polar surface area (TPSA) is 82.5 Å². The molecule has 0 saturated heterocycles. The van der Waals surface area contributed by atoms with Gasteiger partial charge in [-0.25, -0.2) is 4.98 Å². The first-order valence-electron chi connectivity index (χ1n) is 9.08. The van der Waals surface area contributed by atoms with Gasteiger partial charge < -0.3 is 14.8 Å².